The van der Waals surface area contributed by atoms with Gasteiger partial charge in [-0.05, 0) is 32.4 Å². The number of hydrogen-bond donors (Lipinski definition) is 2. The van der Waals surface area contributed by atoms with Crippen molar-refractivity contribution in [3.63, 3.8) is 0 Å². The Labute approximate surface area is 138 Å². The van der Waals surface area contributed by atoms with Gasteiger partial charge in [0.25, 0.3) is 0 Å². The largest absolute Gasteiger partial charge is 0.480 e. The number of nitrogens with zero attached hydrogens (tertiary/aromatic N) is 4. The second kappa shape index (κ2) is 6.64. The molecule has 1 saturated heterocycles. The van der Waals surface area contributed by atoms with Crippen LogP contribution in [-0.2, 0) is 4.79 Å². The lowest BCUT2D eigenvalue weighted by molar-refractivity contribution is -0.143. The Kier molecular flexibility index (Phi) is 4.58. The lowest BCUT2D eigenvalue weighted by atomic mass is 10.0. The van der Waals surface area contributed by atoms with E-state index in [4.69, 9.17) is 11.6 Å². The first-order valence-corrected chi connectivity index (χ1v) is 7.93. The van der Waals surface area contributed by atoms with Crippen LogP contribution in [0.4, 0.5) is 5.82 Å². The Morgan fingerprint density at radius 3 is 3.09 bits per heavy atom. The SMILES string of the molecule is CC(C(=O)O)N1CCC[C@@H](Nc2nnc(Cl)c3ccncc23)C1. The molecule has 3 heterocycles. The van der Waals surface area contributed by atoms with Gasteiger partial charge in [0.1, 0.15) is 6.04 Å². The number of aromatic nitrogens is 3. The van der Waals surface area contributed by atoms with Crippen LogP contribution in [-0.4, -0.2) is 56.3 Å². The molecule has 23 heavy (non-hydrogen) atoms. The molecule has 1 aliphatic rings. The van der Waals surface area contributed by atoms with E-state index in [-0.39, 0.29) is 6.04 Å². The topological polar surface area (TPSA) is 91.2 Å². The van der Waals surface area contributed by atoms with Crippen molar-refractivity contribution in [2.45, 2.75) is 31.8 Å². The summed E-state index contributed by atoms with van der Waals surface area (Å²) >= 11 is 6.07. The number of rotatable bonds is 4. The number of carbonyl (C=O) groups is 1. The molecule has 0 saturated carbocycles. The van der Waals surface area contributed by atoms with Crippen molar-refractivity contribution >= 4 is 34.2 Å². The number of carboxylic acids is 1. The Bertz CT molecular complexity index is 726. The first-order chi connectivity index (χ1) is 11.1. The molecule has 0 amide bonds. The van der Waals surface area contributed by atoms with Gasteiger partial charge in [-0.1, -0.05) is 11.6 Å². The van der Waals surface area contributed by atoms with E-state index < -0.39 is 12.0 Å². The summed E-state index contributed by atoms with van der Waals surface area (Å²) in [5.41, 5.74) is 0. The molecule has 2 atom stereocenters. The molecule has 0 spiro atoms. The molecule has 0 bridgehead atoms. The summed E-state index contributed by atoms with van der Waals surface area (Å²) in [4.78, 5) is 17.3. The maximum Gasteiger partial charge on any atom is 0.320 e. The maximum atomic E-state index is 11.2. The molecule has 0 radical (unpaired) electrons. The van der Waals surface area contributed by atoms with Gasteiger partial charge < -0.3 is 10.4 Å². The Hall–Kier alpha value is -1.99. The van der Waals surface area contributed by atoms with E-state index in [9.17, 15) is 9.90 Å². The summed E-state index contributed by atoms with van der Waals surface area (Å²) < 4.78 is 0. The van der Waals surface area contributed by atoms with E-state index >= 15 is 0 Å². The van der Waals surface area contributed by atoms with Gasteiger partial charge in [-0.15, -0.1) is 10.2 Å². The molecule has 1 fully saturated rings. The summed E-state index contributed by atoms with van der Waals surface area (Å²) in [7, 11) is 0. The van der Waals surface area contributed by atoms with Gasteiger partial charge in [0, 0.05) is 35.8 Å². The number of likely N-dealkylation sites (tertiary alicyclic amines) is 1. The van der Waals surface area contributed by atoms with Crippen LogP contribution in [0.15, 0.2) is 18.5 Å². The molecule has 1 unspecified atom stereocenters. The minimum Gasteiger partial charge on any atom is -0.480 e. The third-order valence-electron chi connectivity index (χ3n) is 4.24. The fourth-order valence-electron chi connectivity index (χ4n) is 2.90. The highest BCUT2D eigenvalue weighted by atomic mass is 35.5. The Morgan fingerprint density at radius 1 is 1.48 bits per heavy atom. The van der Waals surface area contributed by atoms with E-state index in [1.165, 1.54) is 0 Å². The van der Waals surface area contributed by atoms with Gasteiger partial charge in [-0.25, -0.2) is 0 Å². The van der Waals surface area contributed by atoms with Gasteiger partial charge >= 0.3 is 5.97 Å². The number of aliphatic carboxylic acids is 1. The van der Waals surface area contributed by atoms with E-state index in [1.54, 1.807) is 25.4 Å². The summed E-state index contributed by atoms with van der Waals surface area (Å²) in [6.45, 7) is 3.16. The predicted molar refractivity (Wildman–Crippen MR) is 87.7 cm³/mol. The zero-order valence-corrected chi connectivity index (χ0v) is 13.5. The van der Waals surface area contributed by atoms with Crippen LogP contribution in [0, 0.1) is 0 Å². The van der Waals surface area contributed by atoms with E-state index in [1.807, 2.05) is 4.90 Å². The lowest BCUT2D eigenvalue weighted by Crippen LogP contribution is -2.48. The van der Waals surface area contributed by atoms with Gasteiger partial charge in [0.05, 0.1) is 0 Å². The number of anilines is 1. The molecule has 7 nitrogen and oxygen atoms in total. The molecule has 2 aromatic rings. The number of nitrogens with one attached hydrogen (secondary N) is 1. The normalized spacial score (nSPS) is 20.3. The summed E-state index contributed by atoms with van der Waals surface area (Å²) in [5.74, 6) is -0.168. The van der Waals surface area contributed by atoms with E-state index in [0.717, 1.165) is 30.2 Å². The Morgan fingerprint density at radius 2 is 2.30 bits per heavy atom. The number of pyridine rings is 1. The molecule has 3 rings (SSSR count). The summed E-state index contributed by atoms with van der Waals surface area (Å²) in [5, 5.41) is 22.6. The van der Waals surface area contributed by atoms with Crippen molar-refractivity contribution in [3.8, 4) is 0 Å². The number of piperidine rings is 1. The van der Waals surface area contributed by atoms with Gasteiger partial charge in [-0.3, -0.25) is 14.7 Å². The lowest BCUT2D eigenvalue weighted by Gasteiger charge is -2.35. The minimum absolute atomic E-state index is 0.115. The van der Waals surface area contributed by atoms with Crippen molar-refractivity contribution in [3.05, 3.63) is 23.6 Å². The fraction of sp³-hybridized carbons (Fsp3) is 0.467. The highest BCUT2D eigenvalue weighted by Crippen LogP contribution is 2.26. The van der Waals surface area contributed by atoms with Crippen LogP contribution in [0.1, 0.15) is 19.8 Å². The molecule has 122 valence electrons. The van der Waals surface area contributed by atoms with E-state index in [2.05, 4.69) is 20.5 Å². The smallest absolute Gasteiger partial charge is 0.320 e. The molecule has 8 heteroatoms. The number of halogens is 1. The quantitative estimate of drug-likeness (QED) is 0.883. The fourth-order valence-corrected chi connectivity index (χ4v) is 3.10. The van der Waals surface area contributed by atoms with Crippen LogP contribution in [0.5, 0.6) is 0 Å². The zero-order chi connectivity index (χ0) is 16.4. The van der Waals surface area contributed by atoms with Gasteiger partial charge in [-0.2, -0.15) is 0 Å². The second-order valence-electron chi connectivity index (χ2n) is 5.75. The number of fused-ring (bicyclic) bond motifs is 1. The number of hydrogen-bond acceptors (Lipinski definition) is 6. The molecule has 2 N–H and O–H groups in total. The average molecular weight is 336 g/mol. The highest BCUT2D eigenvalue weighted by molar-refractivity contribution is 6.34. The highest BCUT2D eigenvalue weighted by Gasteiger charge is 2.27. The third-order valence-corrected chi connectivity index (χ3v) is 4.51. The second-order valence-corrected chi connectivity index (χ2v) is 6.11. The first kappa shape index (κ1) is 15.9. The summed E-state index contributed by atoms with van der Waals surface area (Å²) in [6, 6.07) is 1.43. The first-order valence-electron chi connectivity index (χ1n) is 7.55. The van der Waals surface area contributed by atoms with Crippen LogP contribution >= 0.6 is 11.6 Å². The third kappa shape index (κ3) is 3.35. The summed E-state index contributed by atoms with van der Waals surface area (Å²) in [6.07, 6.45) is 5.26. The molecule has 1 aliphatic heterocycles. The standard InChI is InChI=1S/C15H18ClN5O2/c1-9(15(22)23)21-6-2-3-10(8-21)18-14-12-7-17-5-4-11(12)13(16)19-20-14/h4-5,7,9-10H,2-3,6,8H2,1H3,(H,18,20)(H,22,23)/t9?,10-/m1/s1. The van der Waals surface area contributed by atoms with Gasteiger partial charge in [0.2, 0.25) is 0 Å². The monoisotopic (exact) mass is 335 g/mol. The van der Waals surface area contributed by atoms with Crippen LogP contribution in [0.2, 0.25) is 5.15 Å². The van der Waals surface area contributed by atoms with Crippen LogP contribution in [0.3, 0.4) is 0 Å². The molecule has 0 aliphatic carbocycles. The van der Waals surface area contributed by atoms with Crippen molar-refractivity contribution in [1.29, 1.82) is 0 Å². The van der Waals surface area contributed by atoms with Crippen molar-refractivity contribution < 1.29 is 9.90 Å². The molecule has 2 aromatic heterocycles. The van der Waals surface area contributed by atoms with E-state index in [0.29, 0.717) is 17.5 Å². The zero-order valence-electron chi connectivity index (χ0n) is 12.7. The molecular formula is C15H18ClN5O2. The van der Waals surface area contributed by atoms with Crippen molar-refractivity contribution in [2.24, 2.45) is 0 Å². The predicted octanol–water partition coefficient (Wildman–Crippen LogP) is 2.03. The molecule has 0 aromatic carbocycles. The maximum absolute atomic E-state index is 11.2. The van der Waals surface area contributed by atoms with Crippen molar-refractivity contribution in [1.82, 2.24) is 20.1 Å². The van der Waals surface area contributed by atoms with Crippen LogP contribution in [0.25, 0.3) is 10.8 Å². The average Bonchev–Trinajstić information content (AvgIpc) is 2.57. The molecular weight excluding hydrogens is 318 g/mol. The van der Waals surface area contributed by atoms with Crippen LogP contribution < -0.4 is 5.32 Å². The van der Waals surface area contributed by atoms with Gasteiger partial charge in [0.15, 0.2) is 11.0 Å². The van der Waals surface area contributed by atoms with Crippen molar-refractivity contribution in [2.75, 3.05) is 18.4 Å². The number of carboxylic acid groups (broad SMARTS) is 1. The minimum atomic E-state index is -0.799. The Balaban J connectivity index is 1.79.